The third-order valence-electron chi connectivity index (χ3n) is 6.50. The highest BCUT2D eigenvalue weighted by atomic mass is 16.2. The Morgan fingerprint density at radius 3 is 1.49 bits per heavy atom. The van der Waals surface area contributed by atoms with Gasteiger partial charge in [-0.05, 0) is 78.6 Å². The van der Waals surface area contributed by atoms with E-state index >= 15 is 0 Å². The number of nitrogens with one attached hydrogen (secondary N) is 2. The molecule has 0 spiro atoms. The number of rotatable bonds is 6. The molecule has 5 nitrogen and oxygen atoms in total. The van der Waals surface area contributed by atoms with Crippen LogP contribution >= 0.6 is 0 Å². The molecule has 0 aliphatic heterocycles. The van der Waals surface area contributed by atoms with E-state index in [0.29, 0.717) is 22.5 Å². The van der Waals surface area contributed by atoms with E-state index in [2.05, 4.69) is 22.8 Å². The van der Waals surface area contributed by atoms with E-state index in [1.807, 2.05) is 98.8 Å². The fourth-order valence-corrected chi connectivity index (χ4v) is 4.51. The number of amides is 2. The molecule has 0 bridgehead atoms. The monoisotopic (exact) mass is 511 g/mol. The average Bonchev–Trinajstić information content (AvgIpc) is 2.93. The summed E-state index contributed by atoms with van der Waals surface area (Å²) in [5.74, 6) is -0.646. The molecule has 0 aliphatic carbocycles. The van der Waals surface area contributed by atoms with E-state index in [1.54, 1.807) is 12.1 Å². The first-order valence-corrected chi connectivity index (χ1v) is 12.7. The van der Waals surface area contributed by atoms with Crippen LogP contribution in [0.5, 0.6) is 0 Å². The van der Waals surface area contributed by atoms with Crippen molar-refractivity contribution < 1.29 is 9.59 Å². The Morgan fingerprint density at radius 1 is 0.538 bits per heavy atom. The largest absolute Gasteiger partial charge is 0.398 e. The normalized spacial score (nSPS) is 10.6. The maximum absolute atomic E-state index is 13.0. The number of benzene rings is 5. The minimum absolute atomic E-state index is 0.225. The molecule has 5 aromatic rings. The van der Waals surface area contributed by atoms with Crippen LogP contribution in [-0.2, 0) is 0 Å². The summed E-state index contributed by atoms with van der Waals surface area (Å²) in [7, 11) is 0. The van der Waals surface area contributed by atoms with Crippen LogP contribution in [0.1, 0.15) is 31.8 Å². The first-order valence-electron chi connectivity index (χ1n) is 12.7. The van der Waals surface area contributed by atoms with Crippen molar-refractivity contribution >= 4 is 28.9 Å². The third kappa shape index (κ3) is 6.05. The van der Waals surface area contributed by atoms with Crippen LogP contribution in [0.25, 0.3) is 22.3 Å². The molecule has 0 heterocycles. The van der Waals surface area contributed by atoms with Crippen LogP contribution in [0.2, 0.25) is 0 Å². The molecule has 0 unspecified atom stereocenters. The molecule has 0 saturated carbocycles. The summed E-state index contributed by atoms with van der Waals surface area (Å²) < 4.78 is 0. The standard InChI is InChI=1S/C34H29N3O2/c1-22-7-3-9-24(17-22)26-11-5-13-29(19-26)36-33(38)28-15-16-31(32(35)21-28)34(39)37-30-14-6-12-27(20-30)25-10-4-8-23(2)18-25/h3-21H,35H2,1-2H3,(H,36,38)(H,37,39). The van der Waals surface area contributed by atoms with Crippen LogP contribution in [0.3, 0.4) is 0 Å². The van der Waals surface area contributed by atoms with Gasteiger partial charge in [0.1, 0.15) is 0 Å². The van der Waals surface area contributed by atoms with Gasteiger partial charge in [-0.15, -0.1) is 0 Å². The number of nitrogens with two attached hydrogens (primary N) is 1. The summed E-state index contributed by atoms with van der Waals surface area (Å²) in [6.45, 7) is 4.09. The molecular formula is C34H29N3O2. The fourth-order valence-electron chi connectivity index (χ4n) is 4.51. The maximum atomic E-state index is 13.0. The lowest BCUT2D eigenvalue weighted by Gasteiger charge is -2.12. The number of carbonyl (C=O) groups is 2. The zero-order valence-electron chi connectivity index (χ0n) is 21.9. The molecule has 39 heavy (non-hydrogen) atoms. The molecule has 5 aromatic carbocycles. The molecule has 192 valence electrons. The highest BCUT2D eigenvalue weighted by molar-refractivity contribution is 6.10. The Labute approximate surface area is 228 Å². The van der Waals surface area contributed by atoms with E-state index in [9.17, 15) is 9.59 Å². The minimum atomic E-state index is -0.341. The van der Waals surface area contributed by atoms with Gasteiger partial charge in [-0.2, -0.15) is 0 Å². The SMILES string of the molecule is Cc1cccc(-c2cccc(NC(=O)c3ccc(C(=O)Nc4cccc(-c5cccc(C)c5)c4)c(N)c3)c2)c1. The molecule has 0 aromatic heterocycles. The van der Waals surface area contributed by atoms with Crippen LogP contribution in [0, 0.1) is 13.8 Å². The van der Waals surface area contributed by atoms with Crippen molar-refractivity contribution in [2.45, 2.75) is 13.8 Å². The number of hydrogen-bond donors (Lipinski definition) is 3. The average molecular weight is 512 g/mol. The molecule has 0 saturated heterocycles. The minimum Gasteiger partial charge on any atom is -0.398 e. The quantitative estimate of drug-likeness (QED) is 0.204. The van der Waals surface area contributed by atoms with Crippen molar-refractivity contribution in [1.29, 1.82) is 0 Å². The zero-order valence-corrected chi connectivity index (χ0v) is 21.9. The second kappa shape index (κ2) is 11.1. The van der Waals surface area contributed by atoms with Gasteiger partial charge in [0.25, 0.3) is 11.8 Å². The topological polar surface area (TPSA) is 84.2 Å². The van der Waals surface area contributed by atoms with Gasteiger partial charge in [0.2, 0.25) is 0 Å². The molecule has 5 heteroatoms. The van der Waals surface area contributed by atoms with Gasteiger partial charge in [-0.25, -0.2) is 0 Å². The van der Waals surface area contributed by atoms with E-state index in [4.69, 9.17) is 5.73 Å². The first-order chi connectivity index (χ1) is 18.9. The lowest BCUT2D eigenvalue weighted by Crippen LogP contribution is -2.16. The Balaban J connectivity index is 1.29. The summed E-state index contributed by atoms with van der Waals surface area (Å²) in [5.41, 5.74) is 14.9. The lowest BCUT2D eigenvalue weighted by atomic mass is 10.0. The summed E-state index contributed by atoms with van der Waals surface area (Å²) >= 11 is 0. The van der Waals surface area contributed by atoms with Crippen molar-refractivity contribution in [2.75, 3.05) is 16.4 Å². The predicted octanol–water partition coefficient (Wildman–Crippen LogP) is 7.72. The Hall–Kier alpha value is -5.16. The van der Waals surface area contributed by atoms with E-state index in [-0.39, 0.29) is 17.5 Å². The Bertz CT molecular complexity index is 1690. The molecule has 0 fully saturated rings. The van der Waals surface area contributed by atoms with Gasteiger partial charge in [-0.3, -0.25) is 9.59 Å². The van der Waals surface area contributed by atoms with E-state index < -0.39 is 0 Å². The molecule has 0 aliphatic rings. The number of anilines is 3. The van der Waals surface area contributed by atoms with Crippen LogP contribution in [-0.4, -0.2) is 11.8 Å². The fraction of sp³-hybridized carbons (Fsp3) is 0.0588. The summed E-state index contributed by atoms with van der Waals surface area (Å²) in [5, 5.41) is 5.85. The van der Waals surface area contributed by atoms with Crippen molar-refractivity contribution in [2.24, 2.45) is 0 Å². The Kier molecular flexibility index (Phi) is 7.23. The molecule has 0 radical (unpaired) electrons. The second-order valence-electron chi connectivity index (χ2n) is 9.61. The number of carbonyl (C=O) groups excluding carboxylic acids is 2. The third-order valence-corrected chi connectivity index (χ3v) is 6.50. The lowest BCUT2D eigenvalue weighted by molar-refractivity contribution is 0.101. The molecule has 0 atom stereocenters. The maximum Gasteiger partial charge on any atom is 0.257 e. The van der Waals surface area contributed by atoms with Gasteiger partial charge >= 0.3 is 0 Å². The molecule has 4 N–H and O–H groups in total. The smallest absolute Gasteiger partial charge is 0.257 e. The summed E-state index contributed by atoms with van der Waals surface area (Å²) in [4.78, 5) is 26.0. The van der Waals surface area contributed by atoms with Gasteiger partial charge in [0, 0.05) is 22.6 Å². The van der Waals surface area contributed by atoms with Crippen LogP contribution < -0.4 is 16.4 Å². The summed E-state index contributed by atoms with van der Waals surface area (Å²) in [6, 6.07) is 36.4. The van der Waals surface area contributed by atoms with Crippen molar-refractivity contribution in [3.63, 3.8) is 0 Å². The molecular weight excluding hydrogens is 482 g/mol. The van der Waals surface area contributed by atoms with Crippen LogP contribution in [0.15, 0.2) is 115 Å². The number of nitrogen functional groups attached to an aromatic ring is 1. The van der Waals surface area contributed by atoms with Crippen LogP contribution in [0.4, 0.5) is 17.1 Å². The van der Waals surface area contributed by atoms with E-state index in [0.717, 1.165) is 27.8 Å². The Morgan fingerprint density at radius 2 is 1.00 bits per heavy atom. The highest BCUT2D eigenvalue weighted by Crippen LogP contribution is 2.26. The highest BCUT2D eigenvalue weighted by Gasteiger charge is 2.14. The number of hydrogen-bond acceptors (Lipinski definition) is 3. The molecule has 2 amide bonds. The van der Waals surface area contributed by atoms with E-state index in [1.165, 1.54) is 11.6 Å². The number of aryl methyl sites for hydroxylation is 2. The first kappa shape index (κ1) is 25.5. The predicted molar refractivity (Wildman–Crippen MR) is 160 cm³/mol. The summed E-state index contributed by atoms with van der Waals surface area (Å²) in [6.07, 6.45) is 0. The molecule has 5 rings (SSSR count). The zero-order chi connectivity index (χ0) is 27.4. The van der Waals surface area contributed by atoms with Crippen molar-refractivity contribution in [3.8, 4) is 22.3 Å². The van der Waals surface area contributed by atoms with Gasteiger partial charge in [0.05, 0.1) is 5.56 Å². The second-order valence-corrected chi connectivity index (χ2v) is 9.61. The van der Waals surface area contributed by atoms with Gasteiger partial charge in [0.15, 0.2) is 0 Å². The van der Waals surface area contributed by atoms with Gasteiger partial charge < -0.3 is 16.4 Å². The van der Waals surface area contributed by atoms with Gasteiger partial charge in [-0.1, -0.05) is 83.9 Å². The van der Waals surface area contributed by atoms with Crippen molar-refractivity contribution in [1.82, 2.24) is 0 Å². The van der Waals surface area contributed by atoms with Crippen molar-refractivity contribution in [3.05, 3.63) is 138 Å².